The molecule has 1 aromatic heterocycles. The van der Waals surface area contributed by atoms with Crippen molar-refractivity contribution in [1.29, 1.82) is 0 Å². The minimum Gasteiger partial charge on any atom is -0.460 e. The highest BCUT2D eigenvalue weighted by Gasteiger charge is 2.13. The number of sulfonamides is 1. The molecule has 0 fully saturated rings. The van der Waals surface area contributed by atoms with Gasteiger partial charge in [-0.25, -0.2) is 13.1 Å². The van der Waals surface area contributed by atoms with Crippen molar-refractivity contribution in [2.24, 2.45) is 0 Å². The lowest BCUT2D eigenvalue weighted by Crippen LogP contribution is -2.22. The zero-order valence-electron chi connectivity index (χ0n) is 15.6. The van der Waals surface area contributed by atoms with Crippen LogP contribution in [0.3, 0.4) is 0 Å². The highest BCUT2D eigenvalue weighted by atomic mass is 35.5. The number of benzene rings is 2. The molecule has 0 saturated carbocycles. The van der Waals surface area contributed by atoms with Gasteiger partial charge in [0.1, 0.15) is 11.5 Å². The van der Waals surface area contributed by atoms with Crippen LogP contribution in [-0.4, -0.2) is 14.3 Å². The van der Waals surface area contributed by atoms with Crippen molar-refractivity contribution in [2.45, 2.75) is 18.4 Å². The topological polar surface area (TPSA) is 88.4 Å². The summed E-state index contributed by atoms with van der Waals surface area (Å²) in [6, 6.07) is 16.6. The second kappa shape index (κ2) is 9.09. The van der Waals surface area contributed by atoms with Gasteiger partial charge in [0.25, 0.3) is 0 Å². The Balaban J connectivity index is 1.58. The van der Waals surface area contributed by atoms with Crippen molar-refractivity contribution < 1.29 is 17.6 Å². The van der Waals surface area contributed by atoms with E-state index < -0.39 is 10.0 Å². The third-order valence-electron chi connectivity index (χ3n) is 4.03. The first kappa shape index (κ1) is 20.9. The van der Waals surface area contributed by atoms with Gasteiger partial charge < -0.3 is 9.73 Å². The molecule has 0 aliphatic heterocycles. The monoisotopic (exact) mass is 430 g/mol. The van der Waals surface area contributed by atoms with Crippen LogP contribution in [0.1, 0.15) is 17.1 Å². The van der Waals surface area contributed by atoms with Gasteiger partial charge in [-0.05, 0) is 55.0 Å². The third kappa shape index (κ3) is 5.80. The van der Waals surface area contributed by atoms with Gasteiger partial charge >= 0.3 is 0 Å². The van der Waals surface area contributed by atoms with Gasteiger partial charge in [0.05, 0.1) is 11.4 Å². The molecule has 0 unspecified atom stereocenters. The van der Waals surface area contributed by atoms with Crippen LogP contribution in [0.4, 0.5) is 5.69 Å². The van der Waals surface area contributed by atoms with Gasteiger partial charge in [-0.3, -0.25) is 4.79 Å². The molecular weight excluding hydrogens is 412 g/mol. The lowest BCUT2D eigenvalue weighted by atomic mass is 10.2. The fourth-order valence-electron chi connectivity index (χ4n) is 2.49. The van der Waals surface area contributed by atoms with Crippen LogP contribution in [0, 0.1) is 6.92 Å². The number of hydrogen-bond donors (Lipinski definition) is 2. The van der Waals surface area contributed by atoms with Crippen LogP contribution in [0.15, 0.2) is 76.1 Å². The van der Waals surface area contributed by atoms with E-state index in [0.717, 1.165) is 5.56 Å². The van der Waals surface area contributed by atoms with Gasteiger partial charge in [-0.15, -0.1) is 0 Å². The zero-order chi connectivity index (χ0) is 20.9. The molecule has 0 aliphatic carbocycles. The molecule has 3 rings (SSSR count). The van der Waals surface area contributed by atoms with Crippen molar-refractivity contribution in [3.8, 4) is 0 Å². The lowest BCUT2D eigenvalue weighted by molar-refractivity contribution is -0.111. The van der Waals surface area contributed by atoms with E-state index in [2.05, 4.69) is 10.0 Å². The van der Waals surface area contributed by atoms with Crippen LogP contribution in [0.5, 0.6) is 0 Å². The predicted octanol–water partition coefficient (Wildman–Crippen LogP) is 4.37. The Labute approximate surface area is 174 Å². The number of furan rings is 1. The van der Waals surface area contributed by atoms with Crippen molar-refractivity contribution >= 4 is 39.3 Å². The van der Waals surface area contributed by atoms with Gasteiger partial charge in [0.15, 0.2) is 0 Å². The average Bonchev–Trinajstić information content (AvgIpc) is 3.16. The fraction of sp³-hybridized carbons (Fsp3) is 0.0952. The number of carbonyl (C=O) groups excluding carboxylic acids is 1. The van der Waals surface area contributed by atoms with E-state index in [0.29, 0.717) is 22.2 Å². The quantitative estimate of drug-likeness (QED) is 0.544. The Morgan fingerprint density at radius 2 is 1.86 bits per heavy atom. The van der Waals surface area contributed by atoms with Gasteiger partial charge in [-0.1, -0.05) is 35.9 Å². The maximum atomic E-state index is 12.2. The summed E-state index contributed by atoms with van der Waals surface area (Å²) in [5, 5.41) is 3.28. The molecule has 0 spiro atoms. The Kier molecular flexibility index (Phi) is 6.53. The molecule has 0 radical (unpaired) electrons. The van der Waals surface area contributed by atoms with Crippen LogP contribution < -0.4 is 10.0 Å². The summed E-state index contributed by atoms with van der Waals surface area (Å²) in [6.07, 6.45) is 2.83. The average molecular weight is 431 g/mol. The number of amides is 1. The van der Waals surface area contributed by atoms with Crippen molar-refractivity contribution in [2.75, 3.05) is 5.32 Å². The SMILES string of the molecule is Cc1ccc(Cl)cc1NC(=O)/C=C/c1ccc(CNS(=O)(=O)c2ccccc2)o1. The first-order chi connectivity index (χ1) is 13.8. The highest BCUT2D eigenvalue weighted by molar-refractivity contribution is 7.89. The van der Waals surface area contributed by atoms with E-state index in [1.165, 1.54) is 24.3 Å². The third-order valence-corrected chi connectivity index (χ3v) is 5.68. The summed E-state index contributed by atoms with van der Waals surface area (Å²) in [5.74, 6) is 0.519. The molecular formula is C21H19ClN2O4S. The number of halogens is 1. The van der Waals surface area contributed by atoms with Crippen LogP contribution in [0.25, 0.3) is 6.08 Å². The Bertz CT molecular complexity index is 1140. The normalized spacial score (nSPS) is 11.7. The number of rotatable bonds is 7. The van der Waals surface area contributed by atoms with Crippen LogP contribution >= 0.6 is 11.6 Å². The Morgan fingerprint density at radius 3 is 2.62 bits per heavy atom. The second-order valence-corrected chi connectivity index (χ2v) is 8.43. The largest absolute Gasteiger partial charge is 0.460 e. The summed E-state index contributed by atoms with van der Waals surface area (Å²) in [5.41, 5.74) is 1.52. The van der Waals surface area contributed by atoms with Crippen LogP contribution in [-0.2, 0) is 21.4 Å². The molecule has 8 heteroatoms. The molecule has 1 amide bonds. The molecule has 1 heterocycles. The number of aryl methyl sites for hydroxylation is 1. The number of carbonyl (C=O) groups is 1. The van der Waals surface area contributed by atoms with Crippen molar-refractivity contribution in [1.82, 2.24) is 4.72 Å². The fourth-order valence-corrected chi connectivity index (χ4v) is 3.68. The summed E-state index contributed by atoms with van der Waals surface area (Å²) < 4.78 is 32.5. The lowest BCUT2D eigenvalue weighted by Gasteiger charge is -2.06. The molecule has 0 saturated heterocycles. The zero-order valence-corrected chi connectivity index (χ0v) is 17.1. The molecule has 2 N–H and O–H groups in total. The van der Waals surface area contributed by atoms with E-state index in [-0.39, 0.29) is 17.3 Å². The Hall–Kier alpha value is -2.87. The summed E-state index contributed by atoms with van der Waals surface area (Å²) >= 11 is 5.94. The molecule has 29 heavy (non-hydrogen) atoms. The summed E-state index contributed by atoms with van der Waals surface area (Å²) in [6.45, 7) is 1.87. The highest BCUT2D eigenvalue weighted by Crippen LogP contribution is 2.20. The summed E-state index contributed by atoms with van der Waals surface area (Å²) in [4.78, 5) is 12.3. The van der Waals surface area contributed by atoms with E-state index >= 15 is 0 Å². The van der Waals surface area contributed by atoms with Gasteiger partial charge in [-0.2, -0.15) is 0 Å². The van der Waals surface area contributed by atoms with E-state index in [4.69, 9.17) is 16.0 Å². The first-order valence-electron chi connectivity index (χ1n) is 8.72. The molecule has 0 atom stereocenters. The number of anilines is 1. The van der Waals surface area contributed by atoms with Crippen LogP contribution in [0.2, 0.25) is 5.02 Å². The molecule has 0 bridgehead atoms. The standard InChI is InChI=1S/C21H19ClN2O4S/c1-15-7-8-16(22)13-20(15)24-21(25)12-11-17-9-10-18(28-17)14-23-29(26,27)19-5-3-2-4-6-19/h2-13,23H,14H2,1H3,(H,24,25)/b12-11+. The van der Waals surface area contributed by atoms with E-state index in [9.17, 15) is 13.2 Å². The van der Waals surface area contributed by atoms with Gasteiger partial charge in [0, 0.05) is 16.8 Å². The number of hydrogen-bond acceptors (Lipinski definition) is 4. The molecule has 2 aromatic carbocycles. The van der Waals surface area contributed by atoms with E-state index in [1.807, 2.05) is 13.0 Å². The summed E-state index contributed by atoms with van der Waals surface area (Å²) in [7, 11) is -3.62. The van der Waals surface area contributed by atoms with Gasteiger partial charge in [0.2, 0.25) is 15.9 Å². The van der Waals surface area contributed by atoms with Crippen molar-refractivity contribution in [3.63, 3.8) is 0 Å². The predicted molar refractivity (Wildman–Crippen MR) is 113 cm³/mol. The first-order valence-corrected chi connectivity index (χ1v) is 10.6. The molecule has 0 aliphatic rings. The maximum absolute atomic E-state index is 12.2. The second-order valence-electron chi connectivity index (χ2n) is 6.22. The Morgan fingerprint density at radius 1 is 1.10 bits per heavy atom. The smallest absolute Gasteiger partial charge is 0.248 e. The minimum atomic E-state index is -3.62. The van der Waals surface area contributed by atoms with E-state index in [1.54, 1.807) is 42.5 Å². The molecule has 3 aromatic rings. The minimum absolute atomic E-state index is 0.00102. The van der Waals surface area contributed by atoms with Crippen molar-refractivity contribution in [3.05, 3.63) is 88.8 Å². The number of nitrogens with one attached hydrogen (secondary N) is 2. The molecule has 6 nitrogen and oxygen atoms in total. The maximum Gasteiger partial charge on any atom is 0.248 e. The molecule has 150 valence electrons.